The van der Waals surface area contributed by atoms with Crippen LogP contribution in [0.25, 0.3) is 0 Å². The van der Waals surface area contributed by atoms with Gasteiger partial charge in [-0.05, 0) is 75.8 Å². The van der Waals surface area contributed by atoms with Crippen LogP contribution in [0.3, 0.4) is 0 Å². The van der Waals surface area contributed by atoms with Gasteiger partial charge in [-0.25, -0.2) is 0 Å². The highest BCUT2D eigenvalue weighted by atomic mass is 16.5. The zero-order valence-corrected chi connectivity index (χ0v) is 14.3. The Morgan fingerprint density at radius 2 is 1.96 bits per heavy atom. The molecule has 0 unspecified atom stereocenters. The maximum atomic E-state index is 12.2. The number of benzene rings is 1. The molecule has 1 heterocycles. The van der Waals surface area contributed by atoms with Crippen LogP contribution in [0.5, 0.6) is 5.75 Å². The van der Waals surface area contributed by atoms with Crippen molar-refractivity contribution in [1.82, 2.24) is 10.2 Å². The molecule has 0 aromatic heterocycles. The zero-order chi connectivity index (χ0) is 16.2. The topological polar surface area (TPSA) is 41.6 Å². The van der Waals surface area contributed by atoms with E-state index in [-0.39, 0.29) is 5.91 Å². The first-order valence-electron chi connectivity index (χ1n) is 8.87. The molecule has 1 aliphatic carbocycles. The summed E-state index contributed by atoms with van der Waals surface area (Å²) in [5, 5.41) is 3.07. The van der Waals surface area contributed by atoms with Crippen LogP contribution < -0.4 is 10.1 Å². The molecule has 0 radical (unpaired) electrons. The van der Waals surface area contributed by atoms with Gasteiger partial charge < -0.3 is 15.0 Å². The first-order chi connectivity index (χ1) is 11.1. The van der Waals surface area contributed by atoms with Gasteiger partial charge in [-0.2, -0.15) is 0 Å². The minimum atomic E-state index is 0.0155. The Kier molecular flexibility index (Phi) is 5.21. The summed E-state index contributed by atoms with van der Waals surface area (Å²) >= 11 is 0. The van der Waals surface area contributed by atoms with Crippen LogP contribution in [0.4, 0.5) is 0 Å². The predicted octanol–water partition coefficient (Wildman–Crippen LogP) is 2.94. The molecule has 1 aromatic carbocycles. The van der Waals surface area contributed by atoms with Gasteiger partial charge in [-0.3, -0.25) is 4.79 Å². The smallest absolute Gasteiger partial charge is 0.251 e. The summed E-state index contributed by atoms with van der Waals surface area (Å²) in [5.74, 6) is 2.19. The lowest BCUT2D eigenvalue weighted by molar-refractivity contribution is 0.0947. The standard InChI is InChI=1S/C19H28N2O2/c1-14(2)21-10-9-16(12-21)11-20-19(22)17-5-7-18(8-6-17)23-13-15-3-4-15/h5-8,14-16H,3-4,9-13H2,1-2H3,(H,20,22)/t16-/m1/s1. The van der Waals surface area contributed by atoms with Gasteiger partial charge in [0.05, 0.1) is 6.61 Å². The molecule has 1 N–H and O–H groups in total. The van der Waals surface area contributed by atoms with Crippen molar-refractivity contribution < 1.29 is 9.53 Å². The Bertz CT molecular complexity index is 523. The van der Waals surface area contributed by atoms with Gasteiger partial charge in [0.25, 0.3) is 5.91 Å². The Morgan fingerprint density at radius 3 is 2.57 bits per heavy atom. The highest BCUT2D eigenvalue weighted by molar-refractivity contribution is 5.94. The quantitative estimate of drug-likeness (QED) is 0.841. The maximum Gasteiger partial charge on any atom is 0.251 e. The number of hydrogen-bond acceptors (Lipinski definition) is 3. The first kappa shape index (κ1) is 16.3. The summed E-state index contributed by atoms with van der Waals surface area (Å²) in [4.78, 5) is 14.7. The van der Waals surface area contributed by atoms with E-state index >= 15 is 0 Å². The van der Waals surface area contributed by atoms with E-state index in [1.54, 1.807) is 0 Å². The first-order valence-corrected chi connectivity index (χ1v) is 8.87. The Labute approximate surface area is 139 Å². The number of hydrogen-bond donors (Lipinski definition) is 1. The average Bonchev–Trinajstić information content (AvgIpc) is 3.26. The lowest BCUT2D eigenvalue weighted by atomic mass is 10.1. The third kappa shape index (κ3) is 4.71. The Morgan fingerprint density at radius 1 is 1.22 bits per heavy atom. The summed E-state index contributed by atoms with van der Waals surface area (Å²) in [6.07, 6.45) is 3.75. The fraction of sp³-hybridized carbons (Fsp3) is 0.632. The number of nitrogens with one attached hydrogen (secondary N) is 1. The van der Waals surface area contributed by atoms with Crippen LogP contribution in [0.15, 0.2) is 24.3 Å². The maximum absolute atomic E-state index is 12.2. The molecule has 23 heavy (non-hydrogen) atoms. The van der Waals surface area contributed by atoms with Crippen molar-refractivity contribution in [2.75, 3.05) is 26.2 Å². The summed E-state index contributed by atoms with van der Waals surface area (Å²) in [6.45, 7) is 8.26. The van der Waals surface area contributed by atoms with Gasteiger partial charge >= 0.3 is 0 Å². The predicted molar refractivity (Wildman–Crippen MR) is 91.8 cm³/mol. The molecule has 3 rings (SSSR count). The Hall–Kier alpha value is -1.55. The van der Waals surface area contributed by atoms with Crippen LogP contribution in [0.2, 0.25) is 0 Å². The molecule has 1 aromatic rings. The second-order valence-electron chi connectivity index (χ2n) is 7.23. The van der Waals surface area contributed by atoms with Crippen molar-refractivity contribution in [3.05, 3.63) is 29.8 Å². The van der Waals surface area contributed by atoms with Crippen LogP contribution in [0, 0.1) is 11.8 Å². The fourth-order valence-electron chi connectivity index (χ4n) is 3.04. The van der Waals surface area contributed by atoms with E-state index in [1.807, 2.05) is 24.3 Å². The van der Waals surface area contributed by atoms with Crippen molar-refractivity contribution in [3.8, 4) is 5.75 Å². The van der Waals surface area contributed by atoms with E-state index in [0.29, 0.717) is 17.5 Å². The van der Waals surface area contributed by atoms with Crippen LogP contribution in [-0.4, -0.2) is 43.1 Å². The molecular formula is C19H28N2O2. The minimum absolute atomic E-state index is 0.0155. The summed E-state index contributed by atoms with van der Waals surface area (Å²) in [6, 6.07) is 8.10. The highest BCUT2D eigenvalue weighted by Crippen LogP contribution is 2.29. The molecule has 0 spiro atoms. The number of likely N-dealkylation sites (tertiary alicyclic amines) is 1. The van der Waals surface area contributed by atoms with E-state index in [9.17, 15) is 4.79 Å². The van der Waals surface area contributed by atoms with Gasteiger partial charge in [0.1, 0.15) is 5.75 Å². The third-order valence-corrected chi connectivity index (χ3v) is 4.90. The van der Waals surface area contributed by atoms with Crippen molar-refractivity contribution in [3.63, 3.8) is 0 Å². The lowest BCUT2D eigenvalue weighted by Gasteiger charge is -2.20. The lowest BCUT2D eigenvalue weighted by Crippen LogP contribution is -2.32. The molecule has 2 aliphatic rings. The molecule has 1 atom stereocenters. The minimum Gasteiger partial charge on any atom is -0.493 e. The second-order valence-corrected chi connectivity index (χ2v) is 7.23. The summed E-state index contributed by atoms with van der Waals surface area (Å²) in [7, 11) is 0. The Balaban J connectivity index is 1.42. The molecule has 1 saturated carbocycles. The summed E-state index contributed by atoms with van der Waals surface area (Å²) < 4.78 is 5.70. The number of carbonyl (C=O) groups is 1. The third-order valence-electron chi connectivity index (χ3n) is 4.90. The molecule has 0 bridgehead atoms. The van der Waals surface area contributed by atoms with Gasteiger partial charge in [-0.15, -0.1) is 0 Å². The monoisotopic (exact) mass is 316 g/mol. The molecule has 2 fully saturated rings. The normalized spacial score (nSPS) is 21.6. The molecule has 1 saturated heterocycles. The largest absolute Gasteiger partial charge is 0.493 e. The van der Waals surface area contributed by atoms with E-state index in [0.717, 1.165) is 37.9 Å². The van der Waals surface area contributed by atoms with Gasteiger partial charge in [0.15, 0.2) is 0 Å². The van der Waals surface area contributed by atoms with Gasteiger partial charge in [-0.1, -0.05) is 0 Å². The number of nitrogens with zero attached hydrogens (tertiary/aromatic N) is 1. The number of amides is 1. The summed E-state index contributed by atoms with van der Waals surface area (Å²) in [5.41, 5.74) is 0.711. The van der Waals surface area contributed by atoms with Gasteiger partial charge in [0.2, 0.25) is 0 Å². The van der Waals surface area contributed by atoms with Crippen LogP contribution in [-0.2, 0) is 0 Å². The van der Waals surface area contributed by atoms with Crippen molar-refractivity contribution in [2.24, 2.45) is 11.8 Å². The van der Waals surface area contributed by atoms with E-state index < -0.39 is 0 Å². The molecule has 4 heteroatoms. The number of rotatable bonds is 7. The van der Waals surface area contributed by atoms with Crippen molar-refractivity contribution in [1.29, 1.82) is 0 Å². The zero-order valence-electron chi connectivity index (χ0n) is 14.3. The molecule has 1 amide bonds. The SMILES string of the molecule is CC(C)N1CC[C@H](CNC(=O)c2ccc(OCC3CC3)cc2)C1. The molecule has 4 nitrogen and oxygen atoms in total. The van der Waals surface area contributed by atoms with Crippen LogP contribution >= 0.6 is 0 Å². The van der Waals surface area contributed by atoms with Crippen molar-refractivity contribution >= 4 is 5.91 Å². The number of ether oxygens (including phenoxy) is 1. The molecular weight excluding hydrogens is 288 g/mol. The number of carbonyl (C=O) groups excluding carboxylic acids is 1. The highest BCUT2D eigenvalue weighted by Gasteiger charge is 2.24. The molecule has 1 aliphatic heterocycles. The van der Waals surface area contributed by atoms with E-state index in [1.165, 1.54) is 19.3 Å². The van der Waals surface area contributed by atoms with E-state index in [2.05, 4.69) is 24.1 Å². The molecule has 126 valence electrons. The average molecular weight is 316 g/mol. The van der Waals surface area contributed by atoms with Gasteiger partial charge in [0, 0.05) is 24.7 Å². The second kappa shape index (κ2) is 7.35. The van der Waals surface area contributed by atoms with Crippen LogP contribution in [0.1, 0.15) is 43.5 Å². The van der Waals surface area contributed by atoms with E-state index in [4.69, 9.17) is 4.74 Å². The fourth-order valence-corrected chi connectivity index (χ4v) is 3.04. The van der Waals surface area contributed by atoms with Crippen molar-refractivity contribution in [2.45, 2.75) is 39.2 Å².